The molecule has 2 rings (SSSR count). The zero-order valence-electron chi connectivity index (χ0n) is 10.7. The van der Waals surface area contributed by atoms with Crippen molar-refractivity contribution in [3.63, 3.8) is 0 Å². The van der Waals surface area contributed by atoms with E-state index in [1.807, 2.05) is 4.98 Å². The highest BCUT2D eigenvalue weighted by Gasteiger charge is 2.07. The Hall–Kier alpha value is -2.72. The first-order valence-corrected chi connectivity index (χ1v) is 5.88. The molecule has 0 amide bonds. The molecule has 0 saturated carbocycles. The first-order chi connectivity index (χ1) is 10.0. The fourth-order valence-electron chi connectivity index (χ4n) is 1.72. The van der Waals surface area contributed by atoms with Crippen molar-refractivity contribution in [1.29, 1.82) is 0 Å². The highest BCUT2D eigenvalue weighted by Crippen LogP contribution is 2.11. The van der Waals surface area contributed by atoms with Crippen LogP contribution in [0.25, 0.3) is 0 Å². The summed E-state index contributed by atoms with van der Waals surface area (Å²) in [6, 6.07) is 3.71. The van der Waals surface area contributed by atoms with Gasteiger partial charge in [-0.1, -0.05) is 17.9 Å². The van der Waals surface area contributed by atoms with E-state index >= 15 is 0 Å². The predicted octanol–water partition coefficient (Wildman–Crippen LogP) is 0.207. The Labute approximate surface area is 117 Å². The largest absolute Gasteiger partial charge is 0.384 e. The van der Waals surface area contributed by atoms with Gasteiger partial charge in [0.05, 0.1) is 12.7 Å². The van der Waals surface area contributed by atoms with Crippen LogP contribution in [0.2, 0.25) is 0 Å². The lowest BCUT2D eigenvalue weighted by Crippen LogP contribution is -2.31. The second kappa shape index (κ2) is 6.15. The zero-order chi connectivity index (χ0) is 15.4. The van der Waals surface area contributed by atoms with Crippen molar-refractivity contribution in [3.8, 4) is 11.8 Å². The molecule has 1 aromatic heterocycles. The van der Waals surface area contributed by atoms with Crippen molar-refractivity contribution < 1.29 is 13.9 Å². The molecule has 5 nitrogen and oxygen atoms in total. The Morgan fingerprint density at radius 3 is 2.76 bits per heavy atom. The molecule has 0 saturated heterocycles. The molecule has 0 atom stereocenters. The van der Waals surface area contributed by atoms with Gasteiger partial charge in [-0.3, -0.25) is 14.3 Å². The molecule has 0 aliphatic carbocycles. The first kappa shape index (κ1) is 14.7. The normalized spacial score (nSPS) is 10.0. The Morgan fingerprint density at radius 1 is 1.29 bits per heavy atom. The van der Waals surface area contributed by atoms with E-state index in [-0.39, 0.29) is 12.1 Å². The van der Waals surface area contributed by atoms with Gasteiger partial charge in [-0.05, 0) is 17.7 Å². The van der Waals surface area contributed by atoms with Gasteiger partial charge >= 0.3 is 5.69 Å². The third-order valence-electron chi connectivity index (χ3n) is 2.68. The van der Waals surface area contributed by atoms with E-state index in [1.54, 1.807) is 0 Å². The highest BCUT2D eigenvalue weighted by atomic mass is 19.1. The number of aromatic nitrogens is 2. The molecule has 2 N–H and O–H groups in total. The molecule has 108 valence electrons. The molecule has 0 spiro atoms. The number of hydrogen-bond acceptors (Lipinski definition) is 3. The van der Waals surface area contributed by atoms with Crippen molar-refractivity contribution in [2.24, 2.45) is 0 Å². The van der Waals surface area contributed by atoms with E-state index in [1.165, 1.54) is 12.1 Å². The van der Waals surface area contributed by atoms with Crippen LogP contribution in [0, 0.1) is 23.5 Å². The van der Waals surface area contributed by atoms with Crippen LogP contribution in [0.3, 0.4) is 0 Å². The van der Waals surface area contributed by atoms with Crippen LogP contribution in [-0.2, 0) is 6.54 Å². The van der Waals surface area contributed by atoms with Crippen LogP contribution in [0.4, 0.5) is 8.78 Å². The number of aliphatic hydroxyl groups excluding tert-OH is 1. The first-order valence-electron chi connectivity index (χ1n) is 5.88. The third-order valence-corrected chi connectivity index (χ3v) is 2.68. The van der Waals surface area contributed by atoms with Crippen molar-refractivity contribution in [3.05, 3.63) is 68.0 Å². The van der Waals surface area contributed by atoms with Crippen LogP contribution < -0.4 is 11.2 Å². The van der Waals surface area contributed by atoms with Gasteiger partial charge in [0.1, 0.15) is 12.4 Å². The third kappa shape index (κ3) is 3.43. The second-order valence-corrected chi connectivity index (χ2v) is 4.13. The lowest BCUT2D eigenvalue weighted by molar-refractivity contribution is 0.350. The van der Waals surface area contributed by atoms with Crippen LogP contribution in [0.15, 0.2) is 34.0 Å². The maximum Gasteiger partial charge on any atom is 0.328 e. The summed E-state index contributed by atoms with van der Waals surface area (Å²) in [6.07, 6.45) is 0.772. The molecule has 7 heteroatoms. The molecule has 0 radical (unpaired) electrons. The lowest BCUT2D eigenvalue weighted by atomic mass is 10.1. The summed E-state index contributed by atoms with van der Waals surface area (Å²) in [5, 5.41) is 8.68. The van der Waals surface area contributed by atoms with E-state index in [9.17, 15) is 18.4 Å². The van der Waals surface area contributed by atoms with Crippen molar-refractivity contribution in [2.75, 3.05) is 6.61 Å². The standard InChI is InChI=1S/C14H10F2N2O3/c15-11-4-3-10(9(6-11)2-1-5-19)7-18-8-12(16)13(20)17-14(18)21/h3-4,6,8,19H,5,7H2,(H,17,20,21). The Bertz CT molecular complexity index is 844. The Balaban J connectivity index is 2.47. The van der Waals surface area contributed by atoms with E-state index in [2.05, 4.69) is 11.8 Å². The maximum absolute atomic E-state index is 13.2. The number of aliphatic hydroxyl groups is 1. The quantitative estimate of drug-likeness (QED) is 0.777. The Morgan fingerprint density at radius 2 is 2.05 bits per heavy atom. The van der Waals surface area contributed by atoms with Gasteiger partial charge in [0.2, 0.25) is 5.82 Å². The monoisotopic (exact) mass is 292 g/mol. The van der Waals surface area contributed by atoms with Crippen LogP contribution in [-0.4, -0.2) is 21.3 Å². The number of halogens is 2. The summed E-state index contributed by atoms with van der Waals surface area (Å²) in [5.74, 6) is 3.30. The van der Waals surface area contributed by atoms with Crippen molar-refractivity contribution in [2.45, 2.75) is 6.54 Å². The van der Waals surface area contributed by atoms with E-state index in [0.29, 0.717) is 5.56 Å². The summed E-state index contributed by atoms with van der Waals surface area (Å²) < 4.78 is 27.3. The van der Waals surface area contributed by atoms with Crippen LogP contribution >= 0.6 is 0 Å². The molecule has 21 heavy (non-hydrogen) atoms. The summed E-state index contributed by atoms with van der Waals surface area (Å²) >= 11 is 0. The zero-order valence-corrected chi connectivity index (χ0v) is 10.7. The summed E-state index contributed by atoms with van der Waals surface area (Å²) in [6.45, 7) is -0.495. The SMILES string of the molecule is O=c1[nH]c(=O)n(Cc2ccc(F)cc2C#CCO)cc1F. The average Bonchev–Trinajstić information content (AvgIpc) is 2.44. The number of H-pyrrole nitrogens is 1. The minimum Gasteiger partial charge on any atom is -0.384 e. The van der Waals surface area contributed by atoms with Gasteiger partial charge in [0.25, 0.3) is 5.56 Å². The molecule has 2 aromatic rings. The second-order valence-electron chi connectivity index (χ2n) is 4.13. The van der Waals surface area contributed by atoms with Gasteiger partial charge in [-0.15, -0.1) is 0 Å². The predicted molar refractivity (Wildman–Crippen MR) is 70.7 cm³/mol. The maximum atomic E-state index is 13.2. The Kier molecular flexibility index (Phi) is 4.30. The van der Waals surface area contributed by atoms with Crippen LogP contribution in [0.5, 0.6) is 0 Å². The number of aromatic amines is 1. The van der Waals surface area contributed by atoms with E-state index in [0.717, 1.165) is 16.8 Å². The molecule has 0 fully saturated rings. The van der Waals surface area contributed by atoms with Gasteiger partial charge in [-0.2, -0.15) is 4.39 Å². The fourth-order valence-corrected chi connectivity index (χ4v) is 1.72. The minimum absolute atomic E-state index is 0.0950. The molecule has 1 heterocycles. The lowest BCUT2D eigenvalue weighted by Gasteiger charge is -2.07. The molecule has 1 aromatic carbocycles. The number of rotatable bonds is 2. The van der Waals surface area contributed by atoms with Gasteiger partial charge in [-0.25, -0.2) is 9.18 Å². The van der Waals surface area contributed by atoms with E-state index < -0.39 is 29.5 Å². The number of nitrogens with one attached hydrogen (secondary N) is 1. The summed E-state index contributed by atoms with van der Waals surface area (Å²) in [5.41, 5.74) is -1.17. The topological polar surface area (TPSA) is 75.1 Å². The minimum atomic E-state index is -1.10. The number of benzene rings is 1. The highest BCUT2D eigenvalue weighted by molar-refractivity contribution is 5.42. The molecular formula is C14H10F2N2O3. The molecule has 0 bridgehead atoms. The van der Waals surface area contributed by atoms with Crippen molar-refractivity contribution >= 4 is 0 Å². The molecule has 0 aliphatic heterocycles. The molecular weight excluding hydrogens is 282 g/mol. The average molecular weight is 292 g/mol. The van der Waals surface area contributed by atoms with Gasteiger partial charge in [0, 0.05) is 5.56 Å². The van der Waals surface area contributed by atoms with E-state index in [4.69, 9.17) is 5.11 Å². The smallest absolute Gasteiger partial charge is 0.328 e. The van der Waals surface area contributed by atoms with Crippen molar-refractivity contribution in [1.82, 2.24) is 9.55 Å². The molecule has 0 unspecified atom stereocenters. The summed E-state index contributed by atoms with van der Waals surface area (Å²) in [7, 11) is 0. The number of hydrogen-bond donors (Lipinski definition) is 2. The van der Waals surface area contributed by atoms with Gasteiger partial charge in [0.15, 0.2) is 0 Å². The molecule has 0 aliphatic rings. The fraction of sp³-hybridized carbons (Fsp3) is 0.143. The summed E-state index contributed by atoms with van der Waals surface area (Å²) in [4.78, 5) is 24.4. The van der Waals surface area contributed by atoms with Crippen LogP contribution in [0.1, 0.15) is 11.1 Å². The van der Waals surface area contributed by atoms with Gasteiger partial charge < -0.3 is 5.11 Å². The number of nitrogens with zero attached hydrogens (tertiary/aromatic N) is 1.